The van der Waals surface area contributed by atoms with Crippen LogP contribution in [-0.4, -0.2) is 30.3 Å². The van der Waals surface area contributed by atoms with Crippen LogP contribution in [0.1, 0.15) is 22.8 Å². The summed E-state index contributed by atoms with van der Waals surface area (Å²) in [6.45, 7) is 4.83. The summed E-state index contributed by atoms with van der Waals surface area (Å²) in [5.41, 5.74) is 3.02. The lowest BCUT2D eigenvalue weighted by atomic mass is 10.1. The molecule has 0 aromatic heterocycles. The molecule has 0 spiro atoms. The van der Waals surface area contributed by atoms with Gasteiger partial charge in [0.2, 0.25) is 5.91 Å². The molecule has 2 N–H and O–H groups in total. The fourth-order valence-electron chi connectivity index (χ4n) is 3.23. The normalized spacial score (nSPS) is 13.2. The number of thioether (sulfide) groups is 1. The van der Waals surface area contributed by atoms with E-state index < -0.39 is 0 Å². The molecule has 0 radical (unpaired) electrons. The van der Waals surface area contributed by atoms with Crippen LogP contribution >= 0.6 is 11.8 Å². The first kappa shape index (κ1) is 21.8. The Morgan fingerprint density at radius 3 is 2.34 bits per heavy atom. The summed E-state index contributed by atoms with van der Waals surface area (Å²) in [7, 11) is 0. The van der Waals surface area contributed by atoms with Gasteiger partial charge < -0.3 is 20.1 Å². The number of fused-ring (bicyclic) bond motifs is 1. The maximum absolute atomic E-state index is 12.6. The van der Waals surface area contributed by atoms with Crippen LogP contribution in [0.25, 0.3) is 0 Å². The number of hydrogen-bond donors (Lipinski definition) is 2. The van der Waals surface area contributed by atoms with Crippen molar-refractivity contribution >= 4 is 35.0 Å². The van der Waals surface area contributed by atoms with Crippen LogP contribution in [0.2, 0.25) is 0 Å². The van der Waals surface area contributed by atoms with Gasteiger partial charge in [-0.15, -0.1) is 11.8 Å². The zero-order valence-electron chi connectivity index (χ0n) is 17.9. The molecular weight excluding hydrogens is 424 g/mol. The lowest BCUT2D eigenvalue weighted by molar-refractivity contribution is -0.115. The molecule has 0 saturated heterocycles. The highest BCUT2D eigenvalue weighted by Crippen LogP contribution is 2.33. The van der Waals surface area contributed by atoms with Gasteiger partial charge in [-0.25, -0.2) is 0 Å². The standard InChI is InChI=1S/C25H24N2O4S/c1-16-4-3-5-18(14-16)25(29)26-19-6-9-21(10-7-19)32-17(2)24(28)27-20-8-11-22-23(15-20)31-13-12-30-22/h3-11,14-15,17H,12-13H2,1-2H3,(H,26,29)(H,27,28). The Balaban J connectivity index is 1.32. The Morgan fingerprint density at radius 1 is 0.875 bits per heavy atom. The molecule has 3 aromatic carbocycles. The highest BCUT2D eigenvalue weighted by Gasteiger charge is 2.17. The Hall–Kier alpha value is -3.45. The van der Waals surface area contributed by atoms with E-state index in [9.17, 15) is 9.59 Å². The van der Waals surface area contributed by atoms with Gasteiger partial charge in [-0.05, 0) is 62.4 Å². The van der Waals surface area contributed by atoms with Crippen LogP contribution in [0.3, 0.4) is 0 Å². The third kappa shape index (κ3) is 5.42. The number of anilines is 2. The van der Waals surface area contributed by atoms with Gasteiger partial charge in [0.25, 0.3) is 5.91 Å². The van der Waals surface area contributed by atoms with Crippen molar-refractivity contribution in [1.29, 1.82) is 0 Å². The Bertz CT molecular complexity index is 1130. The van der Waals surface area contributed by atoms with Gasteiger partial charge in [-0.1, -0.05) is 17.7 Å². The molecule has 0 saturated carbocycles. The summed E-state index contributed by atoms with van der Waals surface area (Å²) in [5, 5.41) is 5.51. The van der Waals surface area contributed by atoms with Gasteiger partial charge in [0.05, 0.1) is 5.25 Å². The van der Waals surface area contributed by atoms with Crippen molar-refractivity contribution in [2.45, 2.75) is 24.0 Å². The summed E-state index contributed by atoms with van der Waals surface area (Å²) < 4.78 is 11.1. The van der Waals surface area contributed by atoms with Crippen molar-refractivity contribution in [3.8, 4) is 11.5 Å². The third-order valence-electron chi connectivity index (χ3n) is 4.88. The number of aryl methyl sites for hydroxylation is 1. The average molecular weight is 449 g/mol. The van der Waals surface area contributed by atoms with Crippen molar-refractivity contribution in [1.82, 2.24) is 0 Å². The number of carbonyl (C=O) groups excluding carboxylic acids is 2. The van der Waals surface area contributed by atoms with E-state index >= 15 is 0 Å². The molecule has 1 aliphatic rings. The van der Waals surface area contributed by atoms with E-state index in [2.05, 4.69) is 10.6 Å². The van der Waals surface area contributed by atoms with E-state index in [-0.39, 0.29) is 17.1 Å². The van der Waals surface area contributed by atoms with Gasteiger partial charge in [0.15, 0.2) is 11.5 Å². The number of amides is 2. The third-order valence-corrected chi connectivity index (χ3v) is 6.00. The summed E-state index contributed by atoms with van der Waals surface area (Å²) in [4.78, 5) is 25.9. The highest BCUT2D eigenvalue weighted by molar-refractivity contribution is 8.00. The Morgan fingerprint density at radius 2 is 1.59 bits per heavy atom. The zero-order chi connectivity index (χ0) is 22.5. The van der Waals surface area contributed by atoms with E-state index in [1.165, 1.54) is 11.8 Å². The summed E-state index contributed by atoms with van der Waals surface area (Å²) in [5.74, 6) is 1.06. The molecule has 2 amide bonds. The van der Waals surface area contributed by atoms with Gasteiger partial charge in [0.1, 0.15) is 13.2 Å². The lowest BCUT2D eigenvalue weighted by Crippen LogP contribution is -2.22. The van der Waals surface area contributed by atoms with Crippen LogP contribution in [-0.2, 0) is 4.79 Å². The van der Waals surface area contributed by atoms with Crippen LogP contribution < -0.4 is 20.1 Å². The number of benzene rings is 3. The zero-order valence-corrected chi connectivity index (χ0v) is 18.7. The fourth-order valence-corrected chi connectivity index (χ4v) is 4.10. The van der Waals surface area contributed by atoms with Crippen molar-refractivity contribution in [3.63, 3.8) is 0 Å². The first-order valence-corrected chi connectivity index (χ1v) is 11.2. The monoisotopic (exact) mass is 448 g/mol. The van der Waals surface area contributed by atoms with Crippen LogP contribution in [0, 0.1) is 6.92 Å². The number of hydrogen-bond acceptors (Lipinski definition) is 5. The molecule has 1 heterocycles. The molecule has 0 aliphatic carbocycles. The van der Waals surface area contributed by atoms with E-state index in [0.717, 1.165) is 10.5 Å². The summed E-state index contributed by atoms with van der Waals surface area (Å²) >= 11 is 1.44. The summed E-state index contributed by atoms with van der Waals surface area (Å²) in [6.07, 6.45) is 0. The fraction of sp³-hybridized carbons (Fsp3) is 0.200. The van der Waals surface area contributed by atoms with E-state index in [1.54, 1.807) is 24.3 Å². The van der Waals surface area contributed by atoms with Crippen molar-refractivity contribution in [3.05, 3.63) is 77.9 Å². The second-order valence-corrected chi connectivity index (χ2v) is 8.87. The lowest BCUT2D eigenvalue weighted by Gasteiger charge is -2.19. The molecule has 1 unspecified atom stereocenters. The molecule has 0 fully saturated rings. The van der Waals surface area contributed by atoms with Crippen LogP contribution in [0.4, 0.5) is 11.4 Å². The average Bonchev–Trinajstić information content (AvgIpc) is 2.80. The first-order chi connectivity index (χ1) is 15.5. The van der Waals surface area contributed by atoms with Gasteiger partial charge in [-0.3, -0.25) is 9.59 Å². The minimum absolute atomic E-state index is 0.108. The minimum Gasteiger partial charge on any atom is -0.486 e. The molecule has 1 atom stereocenters. The largest absolute Gasteiger partial charge is 0.486 e. The van der Waals surface area contributed by atoms with E-state index in [0.29, 0.717) is 41.7 Å². The predicted molar refractivity (Wildman–Crippen MR) is 127 cm³/mol. The summed E-state index contributed by atoms with van der Waals surface area (Å²) in [6, 6.07) is 20.3. The number of rotatable bonds is 6. The number of nitrogens with one attached hydrogen (secondary N) is 2. The molecule has 32 heavy (non-hydrogen) atoms. The topological polar surface area (TPSA) is 76.7 Å². The highest BCUT2D eigenvalue weighted by atomic mass is 32.2. The first-order valence-electron chi connectivity index (χ1n) is 10.3. The quantitative estimate of drug-likeness (QED) is 0.511. The molecule has 7 heteroatoms. The molecule has 4 rings (SSSR count). The van der Waals surface area contributed by atoms with Gasteiger partial charge >= 0.3 is 0 Å². The molecule has 3 aromatic rings. The van der Waals surface area contributed by atoms with Gasteiger partial charge in [-0.2, -0.15) is 0 Å². The smallest absolute Gasteiger partial charge is 0.255 e. The second-order valence-electron chi connectivity index (χ2n) is 7.46. The molecule has 164 valence electrons. The molecule has 6 nitrogen and oxygen atoms in total. The maximum atomic E-state index is 12.6. The van der Waals surface area contributed by atoms with Crippen molar-refractivity contribution in [2.24, 2.45) is 0 Å². The van der Waals surface area contributed by atoms with Crippen LogP contribution in [0.5, 0.6) is 11.5 Å². The Labute approximate surface area is 191 Å². The van der Waals surface area contributed by atoms with Crippen molar-refractivity contribution < 1.29 is 19.1 Å². The Kier molecular flexibility index (Phi) is 6.66. The number of ether oxygens (including phenoxy) is 2. The maximum Gasteiger partial charge on any atom is 0.255 e. The van der Waals surface area contributed by atoms with Crippen molar-refractivity contribution in [2.75, 3.05) is 23.8 Å². The SMILES string of the molecule is Cc1cccc(C(=O)Nc2ccc(SC(C)C(=O)Nc3ccc4c(c3)OCCO4)cc2)c1. The van der Waals surface area contributed by atoms with E-state index in [4.69, 9.17) is 9.47 Å². The molecule has 1 aliphatic heterocycles. The second kappa shape index (κ2) is 9.78. The van der Waals surface area contributed by atoms with Gasteiger partial charge in [0, 0.05) is 27.9 Å². The number of carbonyl (C=O) groups is 2. The molecular formula is C25H24N2O4S. The molecule has 0 bridgehead atoms. The minimum atomic E-state index is -0.309. The predicted octanol–water partition coefficient (Wildman–Crippen LogP) is 5.14. The van der Waals surface area contributed by atoms with E-state index in [1.807, 2.05) is 56.3 Å². The van der Waals surface area contributed by atoms with Crippen LogP contribution in [0.15, 0.2) is 71.6 Å².